The van der Waals surface area contributed by atoms with Gasteiger partial charge in [-0.2, -0.15) is 0 Å². The van der Waals surface area contributed by atoms with Crippen molar-refractivity contribution in [2.24, 2.45) is 0 Å². The van der Waals surface area contributed by atoms with Gasteiger partial charge in [0.15, 0.2) is 5.76 Å². The molecule has 0 N–H and O–H groups in total. The number of allylic oxidation sites excluding steroid dienone is 3. The van der Waals surface area contributed by atoms with Gasteiger partial charge in [-0.3, -0.25) is 0 Å². The fraction of sp³-hybridized carbons (Fsp3) is 0.375. The first-order chi connectivity index (χ1) is 4.97. The zero-order valence-electron chi connectivity index (χ0n) is 5.71. The van der Waals surface area contributed by atoms with Crippen LogP contribution in [0.15, 0.2) is 23.6 Å². The lowest BCUT2D eigenvalue weighted by molar-refractivity contribution is 0.209. The summed E-state index contributed by atoms with van der Waals surface area (Å²) in [5.74, 6) is 0.966. The second kappa shape index (κ2) is 2.29. The third kappa shape index (κ3) is 0.856. The summed E-state index contributed by atoms with van der Waals surface area (Å²) in [6.07, 6.45) is 7.89. The summed E-state index contributed by atoms with van der Waals surface area (Å²) in [5, 5.41) is 0. The average Bonchev–Trinajstić information content (AvgIpc) is 2.05. The summed E-state index contributed by atoms with van der Waals surface area (Å²) in [4.78, 5) is 3.97. The van der Waals surface area contributed by atoms with Crippen molar-refractivity contribution in [1.29, 1.82) is 0 Å². The molecule has 0 fully saturated rings. The van der Waals surface area contributed by atoms with Gasteiger partial charge < -0.3 is 4.74 Å². The van der Waals surface area contributed by atoms with E-state index in [1.165, 1.54) is 5.57 Å². The highest BCUT2D eigenvalue weighted by Gasteiger charge is 2.16. The molecule has 2 rings (SSSR count). The van der Waals surface area contributed by atoms with Gasteiger partial charge in [0.2, 0.25) is 6.20 Å². The minimum absolute atomic E-state index is 0.846. The molecule has 0 aromatic heterocycles. The molecule has 0 aromatic rings. The Bertz CT molecular complexity index is 201. The van der Waals surface area contributed by atoms with Gasteiger partial charge in [-0.05, 0) is 12.8 Å². The van der Waals surface area contributed by atoms with Crippen molar-refractivity contribution in [2.45, 2.75) is 12.8 Å². The number of hydrogen-bond acceptors (Lipinski definition) is 2. The monoisotopic (exact) mass is 135 g/mol. The van der Waals surface area contributed by atoms with Crippen molar-refractivity contribution in [2.75, 3.05) is 6.61 Å². The lowest BCUT2D eigenvalue weighted by Gasteiger charge is -2.14. The van der Waals surface area contributed by atoms with Crippen molar-refractivity contribution in [3.63, 3.8) is 0 Å². The van der Waals surface area contributed by atoms with Gasteiger partial charge >= 0.3 is 0 Å². The standard InChI is InChI=1S/C8H9NO/c1-2-7-3-4-9-6-8(7)10-5-1/h3-4,6H,1-2,5H2/q+1. The minimum atomic E-state index is 0.846. The van der Waals surface area contributed by atoms with E-state index in [0.717, 1.165) is 25.2 Å². The van der Waals surface area contributed by atoms with Crippen molar-refractivity contribution >= 4 is 6.21 Å². The molecule has 51 valence electrons. The highest BCUT2D eigenvalue weighted by molar-refractivity contribution is 5.78. The minimum Gasteiger partial charge on any atom is -0.487 e. The fourth-order valence-corrected chi connectivity index (χ4v) is 1.19. The van der Waals surface area contributed by atoms with Crippen LogP contribution in [-0.4, -0.2) is 12.8 Å². The van der Waals surface area contributed by atoms with Crippen LogP contribution in [0.3, 0.4) is 0 Å². The second-order valence-corrected chi connectivity index (χ2v) is 2.44. The zero-order chi connectivity index (χ0) is 6.81. The van der Waals surface area contributed by atoms with Crippen LogP contribution >= 0.6 is 0 Å². The molecule has 0 amide bonds. The summed E-state index contributed by atoms with van der Waals surface area (Å²) >= 11 is 0. The molecule has 2 heterocycles. The molecule has 0 aliphatic carbocycles. The topological polar surface area (TPSA) is 23.3 Å². The average molecular weight is 135 g/mol. The lowest BCUT2D eigenvalue weighted by atomic mass is 10.1. The van der Waals surface area contributed by atoms with E-state index in [2.05, 4.69) is 4.99 Å². The molecule has 0 saturated heterocycles. The molecule has 0 unspecified atom stereocenters. The number of rotatable bonds is 0. The van der Waals surface area contributed by atoms with E-state index < -0.39 is 0 Å². The maximum absolute atomic E-state index is 5.36. The van der Waals surface area contributed by atoms with Crippen LogP contribution in [0.1, 0.15) is 12.8 Å². The molecular weight excluding hydrogens is 126 g/mol. The highest BCUT2D eigenvalue weighted by atomic mass is 16.5. The number of hydrogen-bond donors (Lipinski definition) is 0. The second-order valence-electron chi connectivity index (χ2n) is 2.44. The SMILES string of the molecule is C1=CC2=C(C=[N+]1)OCCC2. The Morgan fingerprint density at radius 3 is 3.40 bits per heavy atom. The summed E-state index contributed by atoms with van der Waals surface area (Å²) in [6.45, 7) is 0.846. The lowest BCUT2D eigenvalue weighted by Crippen LogP contribution is -2.10. The third-order valence-corrected chi connectivity index (χ3v) is 1.72. The van der Waals surface area contributed by atoms with Crippen LogP contribution in [0.2, 0.25) is 0 Å². The van der Waals surface area contributed by atoms with Gasteiger partial charge in [-0.1, -0.05) is 0 Å². The first kappa shape index (κ1) is 5.71. The van der Waals surface area contributed by atoms with E-state index in [4.69, 9.17) is 4.74 Å². The molecule has 2 aliphatic rings. The van der Waals surface area contributed by atoms with Gasteiger partial charge in [-0.25, -0.2) is 0 Å². The van der Waals surface area contributed by atoms with E-state index in [-0.39, 0.29) is 0 Å². The predicted molar refractivity (Wildman–Crippen MR) is 39.6 cm³/mol. The van der Waals surface area contributed by atoms with E-state index >= 15 is 0 Å². The van der Waals surface area contributed by atoms with E-state index in [0.29, 0.717) is 0 Å². The van der Waals surface area contributed by atoms with E-state index in [9.17, 15) is 0 Å². The summed E-state index contributed by atoms with van der Waals surface area (Å²) in [7, 11) is 0. The Balaban J connectivity index is 2.33. The van der Waals surface area contributed by atoms with Crippen LogP contribution in [0.4, 0.5) is 0 Å². The smallest absolute Gasteiger partial charge is 0.284 e. The number of nitrogens with zero attached hydrogens (tertiary/aromatic N) is 1. The van der Waals surface area contributed by atoms with Gasteiger partial charge in [0.25, 0.3) is 6.21 Å². The molecule has 0 spiro atoms. The molecule has 0 atom stereocenters. The van der Waals surface area contributed by atoms with Crippen molar-refractivity contribution in [3.8, 4) is 0 Å². The van der Waals surface area contributed by atoms with Gasteiger partial charge in [0.1, 0.15) is 0 Å². The van der Waals surface area contributed by atoms with Crippen molar-refractivity contribution in [1.82, 2.24) is 4.99 Å². The summed E-state index contributed by atoms with van der Waals surface area (Å²) in [6, 6.07) is 0. The number of ether oxygens (including phenoxy) is 1. The van der Waals surface area contributed by atoms with Crippen LogP contribution in [0.5, 0.6) is 0 Å². The Labute approximate surface area is 59.9 Å². The zero-order valence-corrected chi connectivity index (χ0v) is 5.71. The van der Waals surface area contributed by atoms with Gasteiger partial charge in [-0.15, -0.1) is 0 Å². The molecule has 2 aliphatic heterocycles. The molecule has 0 aromatic carbocycles. The van der Waals surface area contributed by atoms with Crippen LogP contribution in [0.25, 0.3) is 0 Å². The highest BCUT2D eigenvalue weighted by Crippen LogP contribution is 2.19. The molecule has 2 nitrogen and oxygen atoms in total. The molecule has 0 bridgehead atoms. The van der Waals surface area contributed by atoms with Crippen molar-refractivity contribution < 1.29 is 4.74 Å². The molecule has 1 radical (unpaired) electrons. The summed E-state index contributed by atoms with van der Waals surface area (Å²) < 4.78 is 5.36. The fourth-order valence-electron chi connectivity index (χ4n) is 1.19. The normalized spacial score (nSPS) is 22.4. The maximum Gasteiger partial charge on any atom is 0.284 e. The summed E-state index contributed by atoms with van der Waals surface area (Å²) in [5.41, 5.74) is 1.29. The van der Waals surface area contributed by atoms with E-state index in [1.807, 2.05) is 12.3 Å². The van der Waals surface area contributed by atoms with Crippen LogP contribution in [-0.2, 0) is 4.74 Å². The molecule has 2 heteroatoms. The van der Waals surface area contributed by atoms with E-state index in [1.54, 1.807) is 6.21 Å². The molecule has 0 saturated carbocycles. The Morgan fingerprint density at radius 1 is 1.50 bits per heavy atom. The van der Waals surface area contributed by atoms with Crippen LogP contribution in [0, 0.1) is 0 Å². The molecule has 10 heavy (non-hydrogen) atoms. The quantitative estimate of drug-likeness (QED) is 0.485. The Kier molecular flexibility index (Phi) is 1.31. The Morgan fingerprint density at radius 2 is 2.50 bits per heavy atom. The van der Waals surface area contributed by atoms with Crippen molar-refractivity contribution in [3.05, 3.63) is 23.6 Å². The first-order valence-corrected chi connectivity index (χ1v) is 3.52. The Hall–Kier alpha value is -1.05. The maximum atomic E-state index is 5.36. The van der Waals surface area contributed by atoms with Crippen LogP contribution < -0.4 is 4.99 Å². The molecular formula is C8H9NO+. The number of aliphatic imine (C=N–C) groups is 1. The third-order valence-electron chi connectivity index (χ3n) is 1.72. The largest absolute Gasteiger partial charge is 0.487 e. The van der Waals surface area contributed by atoms with Gasteiger partial charge in [0.05, 0.1) is 11.6 Å². The van der Waals surface area contributed by atoms with Gasteiger partial charge in [0, 0.05) is 11.6 Å². The predicted octanol–water partition coefficient (Wildman–Crippen LogP) is 0.985. The first-order valence-electron chi connectivity index (χ1n) is 3.52.